The molecule has 4 aliphatic carbocycles. The third-order valence-electron chi connectivity index (χ3n) is 14.6. The highest BCUT2D eigenvalue weighted by Crippen LogP contribution is 2.55. The van der Waals surface area contributed by atoms with Crippen LogP contribution in [0.25, 0.3) is 66.4 Å². The Hall–Kier alpha value is -7.52. The Morgan fingerprint density at radius 2 is 0.750 bits per heavy atom. The van der Waals surface area contributed by atoms with Crippen LogP contribution in [-0.2, 0) is 20.7 Å². The highest BCUT2D eigenvalue weighted by atomic mass is 32.1. The molecule has 0 saturated heterocycles. The monoisotopic (exact) mass is 918 g/mol. The van der Waals surface area contributed by atoms with E-state index < -0.39 is 11.2 Å². The fourth-order valence-corrected chi connectivity index (χ4v) is 13.7. The summed E-state index contributed by atoms with van der Waals surface area (Å²) in [7, 11) is 0. The van der Waals surface area contributed by atoms with E-state index in [1.165, 1.54) is 0 Å². The maximum atomic E-state index is 13.9. The number of benzene rings is 6. The lowest BCUT2D eigenvalue weighted by Gasteiger charge is -2.40. The predicted octanol–water partition coefficient (Wildman–Crippen LogP) is 14.4. The van der Waals surface area contributed by atoms with E-state index in [2.05, 4.69) is 113 Å². The Morgan fingerprint density at radius 1 is 0.426 bits per heavy atom. The predicted molar refractivity (Wildman–Crippen MR) is 272 cm³/mol. The molecule has 68 heavy (non-hydrogen) atoms. The SMILES string of the molecule is CC1(C)OC2=CC3C=C4C(=CC3C=C2c2sc(C=C3C(=O)c5cc6cc7ccccc7cc6cc5C3=O)cc21)OC(C)(C)c1cc(C=C2C(=O)c3cc5cc6ccccc6cc5cc3C2=O)sc14. The van der Waals surface area contributed by atoms with Crippen molar-refractivity contribution in [1.82, 2.24) is 0 Å². The normalized spacial score (nSPS) is 20.4. The Bertz CT molecular complexity index is 3590. The number of hydrogen-bond acceptors (Lipinski definition) is 8. The molecule has 0 fully saturated rings. The molecule has 0 bridgehead atoms. The molecule has 0 spiro atoms. The van der Waals surface area contributed by atoms with Gasteiger partial charge in [-0.3, -0.25) is 19.2 Å². The number of carbonyl (C=O) groups excluding carboxylic acids is 4. The zero-order valence-corrected chi connectivity index (χ0v) is 38.9. The number of ether oxygens (including phenoxy) is 2. The lowest BCUT2D eigenvalue weighted by atomic mass is 9.76. The first-order chi connectivity index (χ1) is 32.7. The van der Waals surface area contributed by atoms with E-state index in [1.54, 1.807) is 34.8 Å². The largest absolute Gasteiger partial charge is 0.483 e. The van der Waals surface area contributed by atoms with Crippen LogP contribution in [-0.4, -0.2) is 23.1 Å². The fraction of sp³-hybridized carbons (Fsp3) is 0.133. The summed E-state index contributed by atoms with van der Waals surface area (Å²) >= 11 is 3.15. The first kappa shape index (κ1) is 39.6. The summed E-state index contributed by atoms with van der Waals surface area (Å²) in [6.07, 6.45) is 12.5. The first-order valence-corrected chi connectivity index (χ1v) is 24.5. The maximum absolute atomic E-state index is 13.9. The summed E-state index contributed by atoms with van der Waals surface area (Å²) in [5, 5.41) is 8.07. The zero-order valence-electron chi connectivity index (χ0n) is 37.3. The minimum Gasteiger partial charge on any atom is -0.483 e. The molecule has 0 amide bonds. The summed E-state index contributed by atoms with van der Waals surface area (Å²) in [5.41, 5.74) is 4.79. The standard InChI is InChI=1S/C60H38O6S2/c1-59(2)49-27-39(25-47-53(61)41-17-33-13-29-9-5-6-10-30(29)14-34(33)18-42(41)54(47)62)67-57(49)45-21-38-24-52-46(22-37(38)23-51(45)65-59)58-50(60(3,4)66-52)28-40(68-58)26-48-55(63)43-19-35-15-31-11-7-8-12-32(31)16-36(35)20-44(43)56(48)64/h5-28,37-38H,1-4H3. The number of carbonyl (C=O) groups is 4. The number of Topliss-reactive ketones (excluding diaryl/α,β-unsaturated/α-hetero) is 4. The number of rotatable bonds is 2. The Kier molecular flexibility index (Phi) is 7.90. The average molecular weight is 919 g/mol. The highest BCUT2D eigenvalue weighted by Gasteiger charge is 2.44. The molecule has 14 rings (SSSR count). The third-order valence-corrected chi connectivity index (χ3v) is 16.8. The van der Waals surface area contributed by atoms with Gasteiger partial charge in [-0.1, -0.05) is 60.7 Å². The number of ketones is 4. The van der Waals surface area contributed by atoms with E-state index >= 15 is 0 Å². The fourth-order valence-electron chi connectivity index (χ4n) is 11.2. The van der Waals surface area contributed by atoms with E-state index in [0.717, 1.165) is 96.4 Å². The molecule has 8 heteroatoms. The Labute approximate surface area is 398 Å². The molecular formula is C60H38O6S2. The van der Waals surface area contributed by atoms with Crippen LogP contribution in [0.3, 0.4) is 0 Å². The van der Waals surface area contributed by atoms with Crippen molar-refractivity contribution in [1.29, 1.82) is 0 Å². The zero-order chi connectivity index (χ0) is 46.1. The molecular weight excluding hydrogens is 881 g/mol. The summed E-state index contributed by atoms with van der Waals surface area (Å²) < 4.78 is 13.6. The molecule has 6 nitrogen and oxygen atoms in total. The van der Waals surface area contributed by atoms with Crippen LogP contribution in [0.5, 0.6) is 0 Å². The molecule has 0 radical (unpaired) electrons. The van der Waals surface area contributed by atoms with Gasteiger partial charge in [-0.2, -0.15) is 0 Å². The summed E-state index contributed by atoms with van der Waals surface area (Å²) in [5.74, 6) is 0.552. The van der Waals surface area contributed by atoms with Crippen LogP contribution >= 0.6 is 22.7 Å². The molecule has 4 heterocycles. The van der Waals surface area contributed by atoms with Crippen LogP contribution in [0.4, 0.5) is 0 Å². The lowest BCUT2D eigenvalue weighted by molar-refractivity contribution is 0.0318. The minimum absolute atomic E-state index is 0.0217. The second-order valence-electron chi connectivity index (χ2n) is 19.7. The average Bonchev–Trinajstić information content (AvgIpc) is 4.07. The van der Waals surface area contributed by atoms with Crippen molar-refractivity contribution in [2.24, 2.45) is 11.8 Å². The van der Waals surface area contributed by atoms with Gasteiger partial charge in [-0.05, 0) is 156 Å². The molecule has 2 atom stereocenters. The molecule has 2 aromatic heterocycles. The van der Waals surface area contributed by atoms with Crippen molar-refractivity contribution >= 4 is 112 Å². The van der Waals surface area contributed by atoms with Crippen molar-refractivity contribution in [3.63, 3.8) is 0 Å². The van der Waals surface area contributed by atoms with E-state index in [0.29, 0.717) is 22.3 Å². The van der Waals surface area contributed by atoms with Crippen molar-refractivity contribution in [3.8, 4) is 0 Å². The number of hydrogen-bond donors (Lipinski definition) is 0. The van der Waals surface area contributed by atoms with Gasteiger partial charge in [-0.15, -0.1) is 22.7 Å². The van der Waals surface area contributed by atoms with Gasteiger partial charge in [0.05, 0.1) is 11.1 Å². The quantitative estimate of drug-likeness (QED) is 0.0975. The molecule has 2 unspecified atom stereocenters. The molecule has 2 aliphatic heterocycles. The van der Waals surface area contributed by atoms with Crippen molar-refractivity contribution in [2.45, 2.75) is 38.9 Å². The van der Waals surface area contributed by atoms with Gasteiger partial charge in [0.2, 0.25) is 0 Å². The molecule has 6 aromatic carbocycles. The van der Waals surface area contributed by atoms with Gasteiger partial charge < -0.3 is 9.47 Å². The summed E-state index contributed by atoms with van der Waals surface area (Å²) in [4.78, 5) is 59.5. The minimum atomic E-state index is -0.676. The number of allylic oxidation sites excluding steroid dienone is 8. The van der Waals surface area contributed by atoms with Gasteiger partial charge >= 0.3 is 0 Å². The molecule has 0 saturated carbocycles. The van der Waals surface area contributed by atoms with Gasteiger partial charge in [-0.25, -0.2) is 0 Å². The maximum Gasteiger partial charge on any atom is 0.197 e. The Morgan fingerprint density at radius 3 is 1.07 bits per heavy atom. The highest BCUT2D eigenvalue weighted by molar-refractivity contribution is 7.14. The van der Waals surface area contributed by atoms with Gasteiger partial charge in [0.1, 0.15) is 22.7 Å². The van der Waals surface area contributed by atoms with Crippen molar-refractivity contribution < 1.29 is 28.7 Å². The summed E-state index contributed by atoms with van der Waals surface area (Å²) in [6.45, 7) is 8.23. The van der Waals surface area contributed by atoms with E-state index in [-0.39, 0.29) is 46.1 Å². The Balaban J connectivity index is 0.782. The smallest absolute Gasteiger partial charge is 0.197 e. The first-order valence-electron chi connectivity index (χ1n) is 22.9. The van der Waals surface area contributed by atoms with Crippen molar-refractivity contribution in [3.05, 3.63) is 209 Å². The molecule has 0 N–H and O–H groups in total. The number of thiophene rings is 2. The van der Waals surface area contributed by atoms with E-state index in [9.17, 15) is 19.2 Å². The molecule has 326 valence electrons. The second-order valence-corrected chi connectivity index (χ2v) is 21.9. The van der Waals surface area contributed by atoms with Crippen LogP contribution in [0.15, 0.2) is 156 Å². The number of fused-ring (bicyclic) bond motifs is 13. The van der Waals surface area contributed by atoms with Gasteiger partial charge in [0.15, 0.2) is 23.1 Å². The van der Waals surface area contributed by atoms with Crippen LogP contribution in [0.2, 0.25) is 0 Å². The van der Waals surface area contributed by atoms with Crippen molar-refractivity contribution in [2.75, 3.05) is 0 Å². The van der Waals surface area contributed by atoms with Crippen LogP contribution in [0, 0.1) is 11.8 Å². The molecule has 8 aromatic rings. The third kappa shape index (κ3) is 5.68. The lowest BCUT2D eigenvalue weighted by Crippen LogP contribution is -2.31. The summed E-state index contributed by atoms with van der Waals surface area (Å²) in [6, 6.07) is 36.1. The van der Waals surface area contributed by atoms with Gasteiger partial charge in [0, 0.05) is 75.9 Å². The van der Waals surface area contributed by atoms with Gasteiger partial charge in [0.25, 0.3) is 0 Å². The van der Waals surface area contributed by atoms with E-state index in [4.69, 9.17) is 9.47 Å². The second kappa shape index (κ2) is 13.6. The van der Waals surface area contributed by atoms with E-state index in [1.807, 2.05) is 48.5 Å². The van der Waals surface area contributed by atoms with Crippen LogP contribution in [0.1, 0.15) is 99.8 Å². The molecule has 6 aliphatic rings. The topological polar surface area (TPSA) is 86.7 Å². The van der Waals surface area contributed by atoms with Crippen LogP contribution < -0.4 is 0 Å².